The van der Waals surface area contributed by atoms with Crippen molar-refractivity contribution in [2.75, 3.05) is 18.1 Å². The number of thioether (sulfide) groups is 1. The first-order valence-corrected chi connectivity index (χ1v) is 6.67. The number of rotatable bonds is 6. The number of carbonyl (C=O) groups is 1. The number of nitrogen functional groups attached to an aromatic ring is 1. The van der Waals surface area contributed by atoms with Gasteiger partial charge in [0.2, 0.25) is 0 Å². The Morgan fingerprint density at radius 3 is 2.89 bits per heavy atom. The second-order valence-electron chi connectivity index (χ2n) is 3.35. The van der Waals surface area contributed by atoms with Gasteiger partial charge in [-0.15, -0.1) is 11.8 Å². The van der Waals surface area contributed by atoms with Crippen LogP contribution in [0.2, 0.25) is 0 Å². The molecular formula is C11H16N4O2S. The van der Waals surface area contributed by atoms with Gasteiger partial charge in [-0.3, -0.25) is 0 Å². The molecule has 7 heteroatoms. The van der Waals surface area contributed by atoms with E-state index in [1.807, 2.05) is 13.0 Å². The summed E-state index contributed by atoms with van der Waals surface area (Å²) in [6.45, 7) is 4.36. The normalized spacial score (nSPS) is 10.1. The van der Waals surface area contributed by atoms with Gasteiger partial charge in [0.05, 0.1) is 25.6 Å². The fourth-order valence-corrected chi connectivity index (χ4v) is 2.17. The molecule has 0 radical (unpaired) electrons. The average molecular weight is 268 g/mol. The zero-order valence-electron chi connectivity index (χ0n) is 10.5. The van der Waals surface area contributed by atoms with Crippen LogP contribution < -0.4 is 5.73 Å². The van der Waals surface area contributed by atoms with Gasteiger partial charge in [-0.2, -0.15) is 10.4 Å². The number of carbonyl (C=O) groups excluding carboxylic acids is 1. The van der Waals surface area contributed by atoms with Crippen LogP contribution in [-0.2, 0) is 11.3 Å². The SMILES string of the molecule is CCOC(=O)c1c(SCC)nn(CCC#N)c1N. The van der Waals surface area contributed by atoms with Gasteiger partial charge in [-0.25, -0.2) is 9.48 Å². The van der Waals surface area contributed by atoms with Gasteiger partial charge < -0.3 is 10.5 Å². The van der Waals surface area contributed by atoms with Gasteiger partial charge in [0, 0.05) is 0 Å². The number of nitrogens with zero attached hydrogens (tertiary/aromatic N) is 3. The number of nitriles is 1. The lowest BCUT2D eigenvalue weighted by molar-refractivity contribution is 0.0523. The molecule has 0 unspecified atom stereocenters. The van der Waals surface area contributed by atoms with Crippen LogP contribution in [0.1, 0.15) is 30.6 Å². The van der Waals surface area contributed by atoms with Crippen LogP contribution in [-0.4, -0.2) is 28.1 Å². The van der Waals surface area contributed by atoms with E-state index in [9.17, 15) is 4.79 Å². The van der Waals surface area contributed by atoms with Gasteiger partial charge in [0.15, 0.2) is 0 Å². The predicted octanol–water partition coefficient (Wildman–Crippen LogP) is 1.67. The Labute approximate surface area is 110 Å². The van der Waals surface area contributed by atoms with Crippen LogP contribution in [0.15, 0.2) is 5.03 Å². The molecule has 1 heterocycles. The first-order valence-electron chi connectivity index (χ1n) is 5.68. The Balaban J connectivity index is 3.08. The highest BCUT2D eigenvalue weighted by Gasteiger charge is 2.23. The number of ether oxygens (including phenoxy) is 1. The van der Waals surface area contributed by atoms with Gasteiger partial charge in [0.1, 0.15) is 16.4 Å². The van der Waals surface area contributed by atoms with Crippen LogP contribution in [0.4, 0.5) is 5.82 Å². The topological polar surface area (TPSA) is 93.9 Å². The van der Waals surface area contributed by atoms with E-state index in [4.69, 9.17) is 15.7 Å². The molecule has 0 amide bonds. The fourth-order valence-electron chi connectivity index (χ4n) is 1.41. The number of hydrogen-bond donors (Lipinski definition) is 1. The van der Waals surface area contributed by atoms with Crippen molar-refractivity contribution in [1.29, 1.82) is 5.26 Å². The third-order valence-corrected chi connectivity index (χ3v) is 3.00. The lowest BCUT2D eigenvalue weighted by atomic mass is 10.3. The first kappa shape index (κ1) is 14.4. The van der Waals surface area contributed by atoms with Crippen molar-refractivity contribution in [3.8, 4) is 6.07 Å². The molecule has 1 aromatic rings. The van der Waals surface area contributed by atoms with Crippen LogP contribution in [0.25, 0.3) is 0 Å². The summed E-state index contributed by atoms with van der Waals surface area (Å²) in [6.07, 6.45) is 0.296. The Kier molecular flexibility index (Phi) is 5.52. The Hall–Kier alpha value is -1.68. The number of anilines is 1. The molecule has 0 aliphatic carbocycles. The molecule has 0 aromatic carbocycles. The van der Waals surface area contributed by atoms with Crippen molar-refractivity contribution < 1.29 is 9.53 Å². The largest absolute Gasteiger partial charge is 0.462 e. The summed E-state index contributed by atoms with van der Waals surface area (Å²) in [5.74, 6) is 0.579. The Morgan fingerprint density at radius 2 is 2.33 bits per heavy atom. The summed E-state index contributed by atoms with van der Waals surface area (Å²) < 4.78 is 6.44. The van der Waals surface area contributed by atoms with Crippen molar-refractivity contribution in [3.05, 3.63) is 5.56 Å². The van der Waals surface area contributed by atoms with Crippen molar-refractivity contribution in [2.24, 2.45) is 0 Å². The minimum atomic E-state index is -0.464. The molecule has 0 bridgehead atoms. The van der Waals surface area contributed by atoms with Crippen molar-refractivity contribution >= 4 is 23.5 Å². The minimum Gasteiger partial charge on any atom is -0.462 e. The number of nitrogens with two attached hydrogens (primary N) is 1. The first-order chi connectivity index (χ1) is 8.65. The molecular weight excluding hydrogens is 252 g/mol. The molecule has 0 spiro atoms. The van der Waals surface area contributed by atoms with Gasteiger partial charge in [-0.1, -0.05) is 6.92 Å². The van der Waals surface area contributed by atoms with Crippen molar-refractivity contribution in [2.45, 2.75) is 31.8 Å². The van der Waals surface area contributed by atoms with E-state index in [1.54, 1.807) is 6.92 Å². The fraction of sp³-hybridized carbons (Fsp3) is 0.545. The molecule has 6 nitrogen and oxygen atoms in total. The monoisotopic (exact) mass is 268 g/mol. The summed E-state index contributed by atoms with van der Waals surface area (Å²) in [4.78, 5) is 11.8. The Morgan fingerprint density at radius 1 is 1.61 bits per heavy atom. The van der Waals surface area contributed by atoms with E-state index in [0.717, 1.165) is 5.75 Å². The van der Waals surface area contributed by atoms with Gasteiger partial charge >= 0.3 is 5.97 Å². The van der Waals surface area contributed by atoms with E-state index in [0.29, 0.717) is 23.6 Å². The van der Waals surface area contributed by atoms with E-state index in [1.165, 1.54) is 16.4 Å². The Bertz CT molecular complexity index is 464. The average Bonchev–Trinajstić information content (AvgIpc) is 2.64. The number of aromatic nitrogens is 2. The van der Waals surface area contributed by atoms with Crippen LogP contribution >= 0.6 is 11.8 Å². The lowest BCUT2D eigenvalue weighted by Gasteiger charge is -2.03. The predicted molar refractivity (Wildman–Crippen MR) is 69.2 cm³/mol. The molecule has 1 aromatic heterocycles. The van der Waals surface area contributed by atoms with Gasteiger partial charge in [0.25, 0.3) is 0 Å². The molecule has 0 atom stereocenters. The summed E-state index contributed by atoms with van der Waals surface area (Å²) in [5.41, 5.74) is 6.19. The quantitative estimate of drug-likeness (QED) is 0.623. The number of hydrogen-bond acceptors (Lipinski definition) is 6. The maximum Gasteiger partial charge on any atom is 0.344 e. The second-order valence-corrected chi connectivity index (χ2v) is 4.60. The van der Waals surface area contributed by atoms with Crippen LogP contribution in [0.5, 0.6) is 0 Å². The van der Waals surface area contributed by atoms with Crippen LogP contribution in [0, 0.1) is 11.3 Å². The summed E-state index contributed by atoms with van der Waals surface area (Å²) in [5, 5.41) is 13.4. The van der Waals surface area contributed by atoms with E-state index in [-0.39, 0.29) is 12.4 Å². The number of esters is 1. The zero-order valence-corrected chi connectivity index (χ0v) is 11.3. The molecule has 2 N–H and O–H groups in total. The van der Waals surface area contributed by atoms with E-state index in [2.05, 4.69) is 5.10 Å². The van der Waals surface area contributed by atoms with Crippen molar-refractivity contribution in [3.63, 3.8) is 0 Å². The van der Waals surface area contributed by atoms with Crippen molar-refractivity contribution in [1.82, 2.24) is 9.78 Å². The van der Waals surface area contributed by atoms with E-state index >= 15 is 0 Å². The summed E-state index contributed by atoms with van der Waals surface area (Å²) >= 11 is 1.43. The summed E-state index contributed by atoms with van der Waals surface area (Å²) in [7, 11) is 0. The third-order valence-electron chi connectivity index (χ3n) is 2.16. The highest BCUT2D eigenvalue weighted by Crippen LogP contribution is 2.27. The molecule has 0 fully saturated rings. The highest BCUT2D eigenvalue weighted by molar-refractivity contribution is 7.99. The maximum absolute atomic E-state index is 11.8. The minimum absolute atomic E-state index is 0.264. The third kappa shape index (κ3) is 3.17. The van der Waals surface area contributed by atoms with Crippen LogP contribution in [0.3, 0.4) is 0 Å². The zero-order chi connectivity index (χ0) is 13.5. The molecule has 0 saturated heterocycles. The smallest absolute Gasteiger partial charge is 0.344 e. The standard InChI is InChI=1S/C11H16N4O2S/c1-3-17-11(16)8-9(13)15(7-5-6-12)14-10(8)18-4-2/h3-5,7,13H2,1-2H3. The lowest BCUT2D eigenvalue weighted by Crippen LogP contribution is -2.10. The maximum atomic E-state index is 11.8. The molecule has 98 valence electrons. The molecule has 0 aliphatic rings. The molecule has 18 heavy (non-hydrogen) atoms. The van der Waals surface area contributed by atoms with Gasteiger partial charge in [-0.05, 0) is 12.7 Å². The highest BCUT2D eigenvalue weighted by atomic mass is 32.2. The molecule has 0 aliphatic heterocycles. The number of aryl methyl sites for hydroxylation is 1. The molecule has 0 saturated carbocycles. The second kappa shape index (κ2) is 6.91. The summed E-state index contributed by atoms with van der Waals surface area (Å²) in [6, 6.07) is 2.02. The molecule has 1 rings (SSSR count). The van der Waals surface area contributed by atoms with E-state index < -0.39 is 5.97 Å².